The van der Waals surface area contributed by atoms with Gasteiger partial charge in [0.25, 0.3) is 0 Å². The number of nitrogens with one attached hydrogen (secondary N) is 1. The number of piperazine rings is 1. The van der Waals surface area contributed by atoms with Crippen LogP contribution < -0.4 is 5.32 Å². The maximum atomic E-state index is 11.1. The van der Waals surface area contributed by atoms with E-state index >= 15 is 0 Å². The minimum Gasteiger partial charge on any atom is -0.395 e. The predicted molar refractivity (Wildman–Crippen MR) is 50.3 cm³/mol. The SMILES string of the molecule is CC(C)[C@@H](CO)N1CCNC(=O)C1. The van der Waals surface area contributed by atoms with Crippen molar-refractivity contribution in [3.63, 3.8) is 0 Å². The number of aliphatic hydroxyl groups is 1. The number of hydrogen-bond donors (Lipinski definition) is 2. The highest BCUT2D eigenvalue weighted by Crippen LogP contribution is 2.10. The molecule has 4 heteroatoms. The van der Waals surface area contributed by atoms with Crippen LogP contribution in [0, 0.1) is 5.92 Å². The molecule has 1 aliphatic heterocycles. The van der Waals surface area contributed by atoms with Crippen LogP contribution in [0.3, 0.4) is 0 Å². The molecule has 76 valence electrons. The second-order valence-electron chi connectivity index (χ2n) is 3.81. The quantitative estimate of drug-likeness (QED) is 0.621. The molecule has 0 spiro atoms. The zero-order chi connectivity index (χ0) is 9.84. The summed E-state index contributed by atoms with van der Waals surface area (Å²) >= 11 is 0. The molecular weight excluding hydrogens is 168 g/mol. The van der Waals surface area contributed by atoms with Crippen LogP contribution >= 0.6 is 0 Å². The van der Waals surface area contributed by atoms with Gasteiger partial charge in [-0.3, -0.25) is 9.69 Å². The van der Waals surface area contributed by atoms with Crippen molar-refractivity contribution >= 4 is 5.91 Å². The first kappa shape index (κ1) is 10.5. The molecule has 13 heavy (non-hydrogen) atoms. The lowest BCUT2D eigenvalue weighted by molar-refractivity contribution is -0.125. The van der Waals surface area contributed by atoms with Gasteiger partial charge in [0.1, 0.15) is 0 Å². The minimum absolute atomic E-state index is 0.0605. The van der Waals surface area contributed by atoms with Gasteiger partial charge < -0.3 is 10.4 Å². The van der Waals surface area contributed by atoms with E-state index in [4.69, 9.17) is 5.11 Å². The molecule has 0 aromatic rings. The third-order valence-electron chi connectivity index (χ3n) is 2.49. The van der Waals surface area contributed by atoms with Crippen molar-refractivity contribution in [2.75, 3.05) is 26.2 Å². The summed E-state index contributed by atoms with van der Waals surface area (Å²) in [6.45, 7) is 6.21. The van der Waals surface area contributed by atoms with Crippen LogP contribution in [0.1, 0.15) is 13.8 Å². The number of carbonyl (C=O) groups is 1. The van der Waals surface area contributed by atoms with Gasteiger partial charge in [-0.15, -0.1) is 0 Å². The van der Waals surface area contributed by atoms with Gasteiger partial charge >= 0.3 is 0 Å². The van der Waals surface area contributed by atoms with E-state index in [1.54, 1.807) is 0 Å². The molecule has 0 aromatic heterocycles. The highest BCUT2D eigenvalue weighted by atomic mass is 16.3. The monoisotopic (exact) mass is 186 g/mol. The first-order chi connectivity index (χ1) is 6.15. The molecule has 1 atom stereocenters. The zero-order valence-corrected chi connectivity index (χ0v) is 8.29. The summed E-state index contributed by atoms with van der Waals surface area (Å²) in [6.07, 6.45) is 0. The molecule has 0 unspecified atom stereocenters. The van der Waals surface area contributed by atoms with E-state index in [0.717, 1.165) is 6.54 Å². The summed E-state index contributed by atoms with van der Waals surface area (Å²) in [5.74, 6) is 0.446. The van der Waals surface area contributed by atoms with E-state index in [0.29, 0.717) is 19.0 Å². The Morgan fingerprint density at radius 1 is 1.62 bits per heavy atom. The zero-order valence-electron chi connectivity index (χ0n) is 8.29. The molecule has 1 rings (SSSR count). The van der Waals surface area contributed by atoms with Crippen LogP contribution in [0.5, 0.6) is 0 Å². The molecule has 1 aliphatic rings. The summed E-state index contributed by atoms with van der Waals surface area (Å²) in [5.41, 5.74) is 0. The van der Waals surface area contributed by atoms with Crippen LogP contribution in [0.2, 0.25) is 0 Å². The van der Waals surface area contributed by atoms with Gasteiger partial charge in [-0.2, -0.15) is 0 Å². The largest absolute Gasteiger partial charge is 0.395 e. The number of carbonyl (C=O) groups excluding carboxylic acids is 1. The Balaban J connectivity index is 2.52. The third kappa shape index (κ3) is 2.67. The molecule has 1 heterocycles. The van der Waals surface area contributed by atoms with E-state index in [-0.39, 0.29) is 18.6 Å². The molecule has 0 bridgehead atoms. The molecular formula is C9H18N2O2. The lowest BCUT2D eigenvalue weighted by atomic mass is 10.0. The molecule has 4 nitrogen and oxygen atoms in total. The van der Waals surface area contributed by atoms with Crippen LogP contribution in [0.25, 0.3) is 0 Å². The van der Waals surface area contributed by atoms with Crippen molar-refractivity contribution in [1.29, 1.82) is 0 Å². The first-order valence-corrected chi connectivity index (χ1v) is 4.76. The maximum absolute atomic E-state index is 11.1. The fourth-order valence-corrected chi connectivity index (χ4v) is 1.69. The molecule has 0 aromatic carbocycles. The number of hydrogen-bond acceptors (Lipinski definition) is 3. The summed E-state index contributed by atoms with van der Waals surface area (Å²) in [6, 6.07) is 0.117. The Hall–Kier alpha value is -0.610. The molecule has 1 saturated heterocycles. The van der Waals surface area contributed by atoms with E-state index in [1.165, 1.54) is 0 Å². The highest BCUT2D eigenvalue weighted by Gasteiger charge is 2.25. The van der Waals surface area contributed by atoms with Crippen LogP contribution in [-0.2, 0) is 4.79 Å². The fraction of sp³-hybridized carbons (Fsp3) is 0.889. The Bertz CT molecular complexity index is 182. The topological polar surface area (TPSA) is 52.6 Å². The molecule has 0 saturated carbocycles. The van der Waals surface area contributed by atoms with Crippen molar-refractivity contribution in [1.82, 2.24) is 10.2 Å². The highest BCUT2D eigenvalue weighted by molar-refractivity contribution is 5.78. The fourth-order valence-electron chi connectivity index (χ4n) is 1.69. The molecule has 0 radical (unpaired) electrons. The first-order valence-electron chi connectivity index (χ1n) is 4.76. The van der Waals surface area contributed by atoms with Crippen LogP contribution in [0.15, 0.2) is 0 Å². The van der Waals surface area contributed by atoms with Crippen LogP contribution in [-0.4, -0.2) is 48.2 Å². The van der Waals surface area contributed by atoms with Gasteiger partial charge in [-0.05, 0) is 5.92 Å². The average molecular weight is 186 g/mol. The number of aliphatic hydroxyl groups excluding tert-OH is 1. The number of rotatable bonds is 3. The summed E-state index contributed by atoms with van der Waals surface area (Å²) in [4.78, 5) is 13.1. The summed E-state index contributed by atoms with van der Waals surface area (Å²) in [7, 11) is 0. The third-order valence-corrected chi connectivity index (χ3v) is 2.49. The van der Waals surface area contributed by atoms with Gasteiger partial charge in [-0.1, -0.05) is 13.8 Å². The average Bonchev–Trinajstić information content (AvgIpc) is 2.04. The van der Waals surface area contributed by atoms with Crippen LogP contribution in [0.4, 0.5) is 0 Å². The van der Waals surface area contributed by atoms with Gasteiger partial charge in [0.05, 0.1) is 13.2 Å². The molecule has 2 N–H and O–H groups in total. The second-order valence-corrected chi connectivity index (χ2v) is 3.81. The van der Waals surface area contributed by atoms with Gasteiger partial charge in [0.2, 0.25) is 5.91 Å². The van der Waals surface area contributed by atoms with Crippen molar-refractivity contribution in [2.24, 2.45) is 5.92 Å². The number of amides is 1. The van der Waals surface area contributed by atoms with Crippen molar-refractivity contribution in [2.45, 2.75) is 19.9 Å². The minimum atomic E-state index is 0.0605. The van der Waals surface area contributed by atoms with E-state index in [1.807, 2.05) is 4.90 Å². The lowest BCUT2D eigenvalue weighted by Crippen LogP contribution is -2.54. The Morgan fingerprint density at radius 3 is 2.77 bits per heavy atom. The summed E-state index contributed by atoms with van der Waals surface area (Å²) < 4.78 is 0. The standard InChI is InChI=1S/C9H18N2O2/c1-7(2)8(6-12)11-4-3-10-9(13)5-11/h7-8,12H,3-6H2,1-2H3,(H,10,13)/t8-/m1/s1. The van der Waals surface area contributed by atoms with Crippen molar-refractivity contribution in [3.8, 4) is 0 Å². The molecule has 1 amide bonds. The normalized spacial score (nSPS) is 21.7. The van der Waals surface area contributed by atoms with Gasteiger partial charge in [-0.25, -0.2) is 0 Å². The Kier molecular flexibility index (Phi) is 3.69. The lowest BCUT2D eigenvalue weighted by Gasteiger charge is -2.35. The Labute approximate surface area is 78.9 Å². The predicted octanol–water partition coefficient (Wildman–Crippen LogP) is -0.565. The van der Waals surface area contributed by atoms with Gasteiger partial charge in [0.15, 0.2) is 0 Å². The van der Waals surface area contributed by atoms with Gasteiger partial charge in [0, 0.05) is 19.1 Å². The molecule has 1 fully saturated rings. The number of nitrogens with zero attached hydrogens (tertiary/aromatic N) is 1. The van der Waals surface area contributed by atoms with E-state index in [9.17, 15) is 4.79 Å². The second kappa shape index (κ2) is 4.58. The van der Waals surface area contributed by atoms with E-state index < -0.39 is 0 Å². The van der Waals surface area contributed by atoms with E-state index in [2.05, 4.69) is 19.2 Å². The Morgan fingerprint density at radius 2 is 2.31 bits per heavy atom. The molecule has 0 aliphatic carbocycles. The smallest absolute Gasteiger partial charge is 0.234 e. The maximum Gasteiger partial charge on any atom is 0.234 e. The van der Waals surface area contributed by atoms with Crippen molar-refractivity contribution in [3.05, 3.63) is 0 Å². The van der Waals surface area contributed by atoms with Crippen molar-refractivity contribution < 1.29 is 9.90 Å². The summed E-state index contributed by atoms with van der Waals surface area (Å²) in [5, 5.41) is 11.9.